The largest absolute Gasteiger partial charge is 0.444 e. The molecular weight excluding hydrogens is 531 g/mol. The van der Waals surface area contributed by atoms with E-state index in [1.165, 1.54) is 34.9 Å². The molecule has 0 spiro atoms. The third-order valence-corrected chi connectivity index (χ3v) is 8.35. The zero-order valence-electron chi connectivity index (χ0n) is 24.3. The summed E-state index contributed by atoms with van der Waals surface area (Å²) in [6.07, 6.45) is 0.980. The van der Waals surface area contributed by atoms with Crippen molar-refractivity contribution in [2.45, 2.75) is 64.7 Å². The van der Waals surface area contributed by atoms with Crippen LogP contribution in [-0.4, -0.2) is 36.8 Å². The quantitative estimate of drug-likeness (QED) is 0.332. The van der Waals surface area contributed by atoms with Gasteiger partial charge in [0.2, 0.25) is 0 Å². The monoisotopic (exact) mass is 568 g/mol. The SMILES string of the molecule is C[C@H](C[S@@](=O)C(C)(C)C)c1cc(=O)n(C)cc1-c1cc(NC(=O)OC(C)(C)C)ccc1C(=O)c1ccc(F)cc1. The second-order valence-electron chi connectivity index (χ2n) is 11.8. The van der Waals surface area contributed by atoms with Crippen molar-refractivity contribution in [3.63, 3.8) is 0 Å². The fourth-order valence-corrected chi connectivity index (χ4v) is 5.20. The predicted molar refractivity (Wildman–Crippen MR) is 158 cm³/mol. The van der Waals surface area contributed by atoms with Crippen molar-refractivity contribution in [3.05, 3.63) is 87.6 Å². The Labute approximate surface area is 237 Å². The van der Waals surface area contributed by atoms with Gasteiger partial charge in [-0.3, -0.25) is 19.1 Å². The average Bonchev–Trinajstić information content (AvgIpc) is 2.83. The number of ether oxygens (including phenoxy) is 1. The lowest BCUT2D eigenvalue weighted by Gasteiger charge is -2.24. The van der Waals surface area contributed by atoms with Crippen molar-refractivity contribution in [3.8, 4) is 11.1 Å². The van der Waals surface area contributed by atoms with E-state index in [1.807, 2.05) is 27.7 Å². The minimum atomic E-state index is -1.20. The number of carbonyl (C=O) groups excluding carboxylic acids is 2. The lowest BCUT2D eigenvalue weighted by atomic mass is 9.88. The van der Waals surface area contributed by atoms with Crippen molar-refractivity contribution in [2.24, 2.45) is 7.05 Å². The van der Waals surface area contributed by atoms with Gasteiger partial charge in [-0.15, -0.1) is 0 Å². The third-order valence-electron chi connectivity index (χ3n) is 6.18. The maximum absolute atomic E-state index is 13.7. The molecule has 1 N–H and O–H groups in total. The van der Waals surface area contributed by atoms with Crippen molar-refractivity contribution in [1.29, 1.82) is 0 Å². The Balaban J connectivity index is 2.21. The smallest absolute Gasteiger partial charge is 0.412 e. The number of nitrogens with one attached hydrogen (secondary N) is 1. The van der Waals surface area contributed by atoms with Crippen LogP contribution in [0.15, 0.2) is 59.5 Å². The molecule has 0 aliphatic rings. The zero-order valence-corrected chi connectivity index (χ0v) is 25.1. The van der Waals surface area contributed by atoms with Crippen LogP contribution in [0.3, 0.4) is 0 Å². The fraction of sp³-hybridized carbons (Fsp3) is 0.387. The van der Waals surface area contributed by atoms with Gasteiger partial charge in [-0.05, 0) is 101 Å². The summed E-state index contributed by atoms with van der Waals surface area (Å²) >= 11 is 0. The van der Waals surface area contributed by atoms with E-state index in [1.54, 1.807) is 52.2 Å². The van der Waals surface area contributed by atoms with E-state index in [0.29, 0.717) is 33.7 Å². The summed E-state index contributed by atoms with van der Waals surface area (Å²) in [5.74, 6) is -0.805. The summed E-state index contributed by atoms with van der Waals surface area (Å²) in [6, 6.07) is 11.6. The molecule has 0 fully saturated rings. The van der Waals surface area contributed by atoms with E-state index in [0.717, 1.165) is 0 Å². The number of aryl methyl sites for hydroxylation is 1. The van der Waals surface area contributed by atoms with Gasteiger partial charge in [0.05, 0.1) is 0 Å². The molecule has 40 heavy (non-hydrogen) atoms. The van der Waals surface area contributed by atoms with Gasteiger partial charge in [-0.2, -0.15) is 0 Å². The number of hydrogen-bond acceptors (Lipinski definition) is 5. The van der Waals surface area contributed by atoms with Crippen LogP contribution in [0.1, 0.15) is 75.9 Å². The number of halogens is 1. The van der Waals surface area contributed by atoms with Gasteiger partial charge in [0.15, 0.2) is 5.78 Å². The van der Waals surface area contributed by atoms with Crippen LogP contribution in [0.5, 0.6) is 0 Å². The topological polar surface area (TPSA) is 94.5 Å². The van der Waals surface area contributed by atoms with Crippen LogP contribution in [0, 0.1) is 5.82 Å². The number of hydrogen-bond donors (Lipinski definition) is 1. The third kappa shape index (κ3) is 7.75. The predicted octanol–water partition coefficient (Wildman–Crippen LogP) is 6.42. The number of ketones is 1. The highest BCUT2D eigenvalue weighted by Gasteiger charge is 2.26. The molecule has 0 unspecified atom stereocenters. The van der Waals surface area contributed by atoms with E-state index in [-0.39, 0.29) is 22.8 Å². The van der Waals surface area contributed by atoms with Gasteiger partial charge in [0.1, 0.15) is 11.4 Å². The van der Waals surface area contributed by atoms with Crippen molar-refractivity contribution in [2.75, 3.05) is 11.1 Å². The van der Waals surface area contributed by atoms with Crippen LogP contribution in [0.4, 0.5) is 14.9 Å². The number of pyridine rings is 1. The molecular formula is C31H37FN2O5S. The van der Waals surface area contributed by atoms with Crippen molar-refractivity contribution < 1.29 is 22.9 Å². The number of amides is 1. The number of rotatable bonds is 7. The molecule has 1 heterocycles. The molecule has 0 saturated carbocycles. The second kappa shape index (κ2) is 11.9. The normalized spacial score (nSPS) is 13.4. The first-order valence-electron chi connectivity index (χ1n) is 13.0. The number of aromatic nitrogens is 1. The van der Waals surface area contributed by atoms with Crippen LogP contribution in [0.2, 0.25) is 0 Å². The minimum absolute atomic E-state index is 0.249. The zero-order chi connectivity index (χ0) is 30.0. The van der Waals surface area contributed by atoms with E-state index in [9.17, 15) is 23.0 Å². The Morgan fingerprint density at radius 2 is 1.62 bits per heavy atom. The van der Waals surface area contributed by atoms with Gasteiger partial charge in [0.25, 0.3) is 5.56 Å². The Bertz CT molecular complexity index is 1500. The van der Waals surface area contributed by atoms with E-state index >= 15 is 0 Å². The number of anilines is 1. The Kier molecular flexibility index (Phi) is 9.19. The number of carbonyl (C=O) groups is 2. The van der Waals surface area contributed by atoms with Gasteiger partial charge in [0, 0.05) is 63.0 Å². The average molecular weight is 569 g/mol. The van der Waals surface area contributed by atoms with E-state index in [4.69, 9.17) is 4.74 Å². The first kappa shape index (κ1) is 30.9. The van der Waals surface area contributed by atoms with Crippen molar-refractivity contribution >= 4 is 28.4 Å². The maximum atomic E-state index is 13.7. The lowest BCUT2D eigenvalue weighted by Crippen LogP contribution is -2.27. The highest BCUT2D eigenvalue weighted by atomic mass is 32.2. The summed E-state index contributed by atoms with van der Waals surface area (Å²) < 4.78 is 32.9. The Morgan fingerprint density at radius 3 is 2.20 bits per heavy atom. The molecule has 3 aromatic rings. The van der Waals surface area contributed by atoms with Gasteiger partial charge in [-0.25, -0.2) is 9.18 Å². The molecule has 9 heteroatoms. The highest BCUT2D eigenvalue weighted by Crippen LogP contribution is 2.35. The molecule has 0 aliphatic heterocycles. The summed E-state index contributed by atoms with van der Waals surface area (Å²) in [4.78, 5) is 38.9. The molecule has 0 bridgehead atoms. The number of benzene rings is 2. The molecule has 214 valence electrons. The van der Waals surface area contributed by atoms with E-state index < -0.39 is 33.1 Å². The molecule has 0 radical (unpaired) electrons. The van der Waals surface area contributed by atoms with Crippen LogP contribution in [0.25, 0.3) is 11.1 Å². The lowest BCUT2D eigenvalue weighted by molar-refractivity contribution is 0.0635. The molecule has 0 aliphatic carbocycles. The molecule has 2 atom stereocenters. The maximum Gasteiger partial charge on any atom is 0.412 e. The summed E-state index contributed by atoms with van der Waals surface area (Å²) in [7, 11) is 0.411. The molecule has 2 aromatic carbocycles. The standard InChI is InChI=1S/C31H37FN2O5S/c1-19(18-40(38)31(5,6)7)24-16-27(35)34(8)17-26(24)25-15-22(33-29(37)39-30(2,3)4)13-14-23(25)28(36)20-9-11-21(32)12-10-20/h9-17,19H,18H2,1-8H3,(H,33,37)/t19-,40-/m1/s1. The second-order valence-corrected chi connectivity index (χ2v) is 14.1. The first-order chi connectivity index (χ1) is 18.5. The van der Waals surface area contributed by atoms with Gasteiger partial charge in [-0.1, -0.05) is 6.92 Å². The van der Waals surface area contributed by atoms with Crippen LogP contribution in [-0.2, 0) is 22.6 Å². The Morgan fingerprint density at radius 1 is 1.00 bits per heavy atom. The molecule has 7 nitrogen and oxygen atoms in total. The molecule has 1 amide bonds. The van der Waals surface area contributed by atoms with Crippen LogP contribution < -0.4 is 10.9 Å². The molecule has 3 rings (SSSR count). The van der Waals surface area contributed by atoms with Crippen molar-refractivity contribution in [1.82, 2.24) is 4.57 Å². The van der Waals surface area contributed by atoms with E-state index in [2.05, 4.69) is 5.32 Å². The summed E-state index contributed by atoms with van der Waals surface area (Å²) in [5.41, 5.74) is 1.67. The first-order valence-corrected chi connectivity index (χ1v) is 14.3. The highest BCUT2D eigenvalue weighted by molar-refractivity contribution is 7.86. The molecule has 1 aromatic heterocycles. The summed E-state index contributed by atoms with van der Waals surface area (Å²) in [6.45, 7) is 12.8. The van der Waals surface area contributed by atoms with Gasteiger partial charge >= 0.3 is 6.09 Å². The summed E-state index contributed by atoms with van der Waals surface area (Å²) in [5, 5.41) is 2.71. The van der Waals surface area contributed by atoms with Crippen LogP contribution >= 0.6 is 0 Å². The molecule has 0 saturated heterocycles. The fourth-order valence-electron chi connectivity index (χ4n) is 4.07. The Hall–Kier alpha value is -3.59. The minimum Gasteiger partial charge on any atom is -0.444 e. The number of nitrogens with zero attached hydrogens (tertiary/aromatic N) is 1. The van der Waals surface area contributed by atoms with Gasteiger partial charge < -0.3 is 9.30 Å².